The molecule has 0 aliphatic carbocycles. The molecule has 4 heteroatoms. The minimum atomic E-state index is 0.100. The number of nitrogens with two attached hydrogens (primary N) is 1. The standard InChI is InChI=1S/C11H13N3O/c12-11-3-1-9(2-4-11)10-7-13-14(8-10)5-6-15/h1-4,7-8,15H,5-6,12H2. The van der Waals surface area contributed by atoms with Crippen molar-refractivity contribution in [2.75, 3.05) is 12.3 Å². The lowest BCUT2D eigenvalue weighted by Gasteiger charge is -1.98. The first kappa shape index (κ1) is 9.73. The van der Waals surface area contributed by atoms with Crippen LogP contribution in [0.2, 0.25) is 0 Å². The van der Waals surface area contributed by atoms with Gasteiger partial charge >= 0.3 is 0 Å². The molecule has 0 bridgehead atoms. The summed E-state index contributed by atoms with van der Waals surface area (Å²) in [6, 6.07) is 7.63. The molecule has 0 saturated heterocycles. The Morgan fingerprint density at radius 2 is 1.93 bits per heavy atom. The Labute approximate surface area is 88.0 Å². The first-order valence-corrected chi connectivity index (χ1v) is 4.79. The van der Waals surface area contributed by atoms with E-state index in [0.717, 1.165) is 16.8 Å². The predicted molar refractivity (Wildman–Crippen MR) is 59.2 cm³/mol. The lowest BCUT2D eigenvalue weighted by atomic mass is 10.1. The molecule has 2 rings (SSSR count). The summed E-state index contributed by atoms with van der Waals surface area (Å²) in [5.41, 5.74) is 8.46. The van der Waals surface area contributed by atoms with Crippen LogP contribution < -0.4 is 5.73 Å². The summed E-state index contributed by atoms with van der Waals surface area (Å²) >= 11 is 0. The van der Waals surface area contributed by atoms with E-state index in [9.17, 15) is 0 Å². The number of aliphatic hydroxyl groups excluding tert-OH is 1. The number of nitrogen functional groups attached to an aromatic ring is 1. The van der Waals surface area contributed by atoms with Crippen molar-refractivity contribution in [1.82, 2.24) is 9.78 Å². The second kappa shape index (κ2) is 4.14. The molecule has 15 heavy (non-hydrogen) atoms. The van der Waals surface area contributed by atoms with Crippen LogP contribution in [0.1, 0.15) is 0 Å². The first-order valence-electron chi connectivity index (χ1n) is 4.79. The highest BCUT2D eigenvalue weighted by atomic mass is 16.3. The molecule has 1 heterocycles. The van der Waals surface area contributed by atoms with Crippen molar-refractivity contribution >= 4 is 5.69 Å². The van der Waals surface area contributed by atoms with Crippen molar-refractivity contribution in [3.63, 3.8) is 0 Å². The summed E-state index contributed by atoms with van der Waals surface area (Å²) in [4.78, 5) is 0. The third-order valence-electron chi connectivity index (χ3n) is 2.21. The lowest BCUT2D eigenvalue weighted by Crippen LogP contribution is -2.01. The fraction of sp³-hybridized carbons (Fsp3) is 0.182. The minimum Gasteiger partial charge on any atom is -0.399 e. The van der Waals surface area contributed by atoms with Gasteiger partial charge in [-0.3, -0.25) is 4.68 Å². The van der Waals surface area contributed by atoms with Crippen molar-refractivity contribution in [1.29, 1.82) is 0 Å². The van der Waals surface area contributed by atoms with Gasteiger partial charge in [0.2, 0.25) is 0 Å². The number of aromatic nitrogens is 2. The van der Waals surface area contributed by atoms with Crippen LogP contribution in [-0.2, 0) is 6.54 Å². The molecule has 0 aliphatic rings. The third-order valence-corrected chi connectivity index (χ3v) is 2.21. The van der Waals surface area contributed by atoms with Gasteiger partial charge in [-0.25, -0.2) is 0 Å². The van der Waals surface area contributed by atoms with Gasteiger partial charge in [-0.15, -0.1) is 0 Å². The minimum absolute atomic E-state index is 0.100. The smallest absolute Gasteiger partial charge is 0.0641 e. The normalized spacial score (nSPS) is 10.5. The van der Waals surface area contributed by atoms with E-state index in [0.29, 0.717) is 6.54 Å². The van der Waals surface area contributed by atoms with Crippen molar-refractivity contribution in [2.24, 2.45) is 0 Å². The fourth-order valence-electron chi connectivity index (χ4n) is 1.41. The Kier molecular flexibility index (Phi) is 2.69. The van der Waals surface area contributed by atoms with Gasteiger partial charge in [0.15, 0.2) is 0 Å². The van der Waals surface area contributed by atoms with E-state index in [1.54, 1.807) is 10.9 Å². The molecule has 1 aromatic carbocycles. The average Bonchev–Trinajstić information content (AvgIpc) is 2.68. The van der Waals surface area contributed by atoms with E-state index >= 15 is 0 Å². The zero-order valence-electron chi connectivity index (χ0n) is 8.30. The van der Waals surface area contributed by atoms with Crippen molar-refractivity contribution in [3.05, 3.63) is 36.7 Å². The van der Waals surface area contributed by atoms with Crippen LogP contribution in [0.25, 0.3) is 11.1 Å². The van der Waals surface area contributed by atoms with E-state index in [2.05, 4.69) is 5.10 Å². The van der Waals surface area contributed by atoms with Crippen LogP contribution in [0, 0.1) is 0 Å². The lowest BCUT2D eigenvalue weighted by molar-refractivity contribution is 0.269. The maximum atomic E-state index is 8.76. The monoisotopic (exact) mass is 203 g/mol. The summed E-state index contributed by atoms with van der Waals surface area (Å²) in [6.07, 6.45) is 3.68. The molecule has 0 aliphatic heterocycles. The molecular formula is C11H13N3O. The molecule has 0 atom stereocenters. The van der Waals surface area contributed by atoms with Crippen LogP contribution >= 0.6 is 0 Å². The average molecular weight is 203 g/mol. The number of hydrogen-bond acceptors (Lipinski definition) is 3. The molecule has 3 N–H and O–H groups in total. The molecule has 0 radical (unpaired) electrons. The van der Waals surface area contributed by atoms with Crippen molar-refractivity contribution < 1.29 is 5.11 Å². The molecule has 78 valence electrons. The SMILES string of the molecule is Nc1ccc(-c2cnn(CCO)c2)cc1. The van der Waals surface area contributed by atoms with Gasteiger partial charge in [0.25, 0.3) is 0 Å². The van der Waals surface area contributed by atoms with Crippen LogP contribution in [0.5, 0.6) is 0 Å². The van der Waals surface area contributed by atoms with Gasteiger partial charge in [-0.05, 0) is 17.7 Å². The van der Waals surface area contributed by atoms with E-state index in [1.807, 2.05) is 30.5 Å². The zero-order chi connectivity index (χ0) is 10.7. The number of nitrogens with zero attached hydrogens (tertiary/aromatic N) is 2. The fourth-order valence-corrected chi connectivity index (χ4v) is 1.41. The Morgan fingerprint density at radius 1 is 1.20 bits per heavy atom. The maximum Gasteiger partial charge on any atom is 0.0641 e. The molecule has 1 aromatic heterocycles. The van der Waals surface area contributed by atoms with Gasteiger partial charge < -0.3 is 10.8 Å². The van der Waals surface area contributed by atoms with Crippen LogP contribution in [-0.4, -0.2) is 21.5 Å². The van der Waals surface area contributed by atoms with Crippen LogP contribution in [0.3, 0.4) is 0 Å². The van der Waals surface area contributed by atoms with Gasteiger partial charge in [0.1, 0.15) is 0 Å². The summed E-state index contributed by atoms with van der Waals surface area (Å²) in [5.74, 6) is 0. The van der Waals surface area contributed by atoms with Gasteiger partial charge in [0, 0.05) is 17.4 Å². The Hall–Kier alpha value is -1.81. The Balaban J connectivity index is 2.25. The largest absolute Gasteiger partial charge is 0.399 e. The molecule has 0 saturated carbocycles. The van der Waals surface area contributed by atoms with Crippen molar-refractivity contribution in [3.8, 4) is 11.1 Å². The van der Waals surface area contributed by atoms with E-state index in [4.69, 9.17) is 10.8 Å². The second-order valence-electron chi connectivity index (χ2n) is 3.34. The maximum absolute atomic E-state index is 8.76. The second-order valence-corrected chi connectivity index (χ2v) is 3.34. The Bertz CT molecular complexity index is 433. The van der Waals surface area contributed by atoms with Crippen molar-refractivity contribution in [2.45, 2.75) is 6.54 Å². The van der Waals surface area contributed by atoms with E-state index < -0.39 is 0 Å². The van der Waals surface area contributed by atoms with E-state index in [1.165, 1.54) is 0 Å². The van der Waals surface area contributed by atoms with Crippen LogP contribution in [0.15, 0.2) is 36.7 Å². The molecule has 4 nitrogen and oxygen atoms in total. The number of rotatable bonds is 3. The molecule has 0 amide bonds. The third kappa shape index (κ3) is 2.16. The summed E-state index contributed by atoms with van der Waals surface area (Å²) in [7, 11) is 0. The predicted octanol–water partition coefficient (Wildman–Crippen LogP) is 1.12. The molecule has 0 spiro atoms. The molecule has 0 unspecified atom stereocenters. The summed E-state index contributed by atoms with van der Waals surface area (Å²) in [5, 5.41) is 12.9. The van der Waals surface area contributed by atoms with Gasteiger partial charge in [0.05, 0.1) is 19.3 Å². The topological polar surface area (TPSA) is 64.1 Å². The molecule has 2 aromatic rings. The first-order chi connectivity index (χ1) is 7.29. The highest BCUT2D eigenvalue weighted by molar-refractivity contribution is 5.63. The highest BCUT2D eigenvalue weighted by Crippen LogP contribution is 2.19. The number of anilines is 1. The quantitative estimate of drug-likeness (QED) is 0.735. The highest BCUT2D eigenvalue weighted by Gasteiger charge is 2.00. The van der Waals surface area contributed by atoms with E-state index in [-0.39, 0.29) is 6.61 Å². The molecule has 0 fully saturated rings. The van der Waals surface area contributed by atoms with Gasteiger partial charge in [-0.2, -0.15) is 5.10 Å². The zero-order valence-corrected chi connectivity index (χ0v) is 8.30. The number of hydrogen-bond donors (Lipinski definition) is 2. The Morgan fingerprint density at radius 3 is 2.60 bits per heavy atom. The summed E-state index contributed by atoms with van der Waals surface area (Å²) < 4.78 is 1.71. The van der Waals surface area contributed by atoms with Crippen LogP contribution in [0.4, 0.5) is 5.69 Å². The number of benzene rings is 1. The molecular weight excluding hydrogens is 190 g/mol. The van der Waals surface area contributed by atoms with Gasteiger partial charge in [-0.1, -0.05) is 12.1 Å². The number of aliphatic hydroxyl groups is 1. The summed E-state index contributed by atoms with van der Waals surface area (Å²) in [6.45, 7) is 0.623.